The van der Waals surface area contributed by atoms with Crippen LogP contribution in [0.25, 0.3) is 0 Å². The van der Waals surface area contributed by atoms with Crippen LogP contribution in [-0.4, -0.2) is 18.9 Å². The number of ether oxygens (including phenoxy) is 1. The molecule has 0 N–H and O–H groups in total. The summed E-state index contributed by atoms with van der Waals surface area (Å²) in [6.07, 6.45) is 6.11. The molecule has 1 saturated carbocycles. The lowest BCUT2D eigenvalue weighted by Gasteiger charge is -2.36. The van der Waals surface area contributed by atoms with Gasteiger partial charge in [0.05, 0.1) is 7.11 Å². The number of Topliss-reactive ketones (excluding diaryl/α,β-unsaturated/α-hetero) is 1. The van der Waals surface area contributed by atoms with Crippen molar-refractivity contribution in [1.82, 2.24) is 0 Å². The van der Waals surface area contributed by atoms with Gasteiger partial charge in [0, 0.05) is 0 Å². The van der Waals surface area contributed by atoms with E-state index in [0.717, 1.165) is 37.7 Å². The predicted octanol–water partition coefficient (Wildman–Crippen LogP) is 2.79. The summed E-state index contributed by atoms with van der Waals surface area (Å²) >= 11 is 0. The smallest absolute Gasteiger partial charge is 0.319 e. The largest absolute Gasteiger partial charge is 0.468 e. The molecule has 0 amide bonds. The first-order valence-electron chi connectivity index (χ1n) is 6.43. The van der Waals surface area contributed by atoms with E-state index in [2.05, 4.69) is 0 Å². The summed E-state index contributed by atoms with van der Waals surface area (Å²) in [5.74, 6) is -0.276. The fourth-order valence-electron chi connectivity index (χ4n) is 3.11. The summed E-state index contributed by atoms with van der Waals surface area (Å²) in [6, 6.07) is 0. The van der Waals surface area contributed by atoms with Gasteiger partial charge in [-0.1, -0.05) is 18.4 Å². The van der Waals surface area contributed by atoms with Crippen LogP contribution in [0.2, 0.25) is 0 Å². The van der Waals surface area contributed by atoms with E-state index in [9.17, 15) is 9.59 Å². The minimum absolute atomic E-state index is 0.0489. The molecule has 3 heteroatoms. The Balaban J connectivity index is 2.43. The van der Waals surface area contributed by atoms with E-state index in [0.29, 0.717) is 12.8 Å². The predicted molar refractivity (Wildman–Crippen MR) is 64.5 cm³/mol. The van der Waals surface area contributed by atoms with Gasteiger partial charge in [0.2, 0.25) is 0 Å². The van der Waals surface area contributed by atoms with E-state index in [-0.39, 0.29) is 11.8 Å². The molecule has 0 spiro atoms. The molecule has 17 heavy (non-hydrogen) atoms. The first-order valence-corrected chi connectivity index (χ1v) is 6.43. The maximum Gasteiger partial charge on any atom is 0.319 e. The van der Waals surface area contributed by atoms with Gasteiger partial charge in [-0.3, -0.25) is 9.59 Å². The number of allylic oxidation sites excluding steroid dienone is 2. The van der Waals surface area contributed by atoms with Crippen LogP contribution >= 0.6 is 0 Å². The number of ketones is 1. The van der Waals surface area contributed by atoms with Crippen LogP contribution in [-0.2, 0) is 14.3 Å². The van der Waals surface area contributed by atoms with Crippen molar-refractivity contribution in [3.05, 3.63) is 11.1 Å². The molecule has 0 aliphatic heterocycles. The van der Waals surface area contributed by atoms with E-state index >= 15 is 0 Å². The third-order valence-corrected chi connectivity index (χ3v) is 4.26. The molecule has 2 aliphatic rings. The third kappa shape index (κ3) is 1.92. The van der Waals surface area contributed by atoms with Crippen molar-refractivity contribution in [3.8, 4) is 0 Å². The summed E-state index contributed by atoms with van der Waals surface area (Å²) in [4.78, 5) is 24.6. The summed E-state index contributed by atoms with van der Waals surface area (Å²) in [5.41, 5.74) is 1.22. The van der Waals surface area contributed by atoms with Crippen molar-refractivity contribution >= 4 is 11.8 Å². The van der Waals surface area contributed by atoms with Gasteiger partial charge in [0.15, 0.2) is 5.78 Å². The molecule has 3 nitrogen and oxygen atoms in total. The van der Waals surface area contributed by atoms with Gasteiger partial charge in [-0.15, -0.1) is 0 Å². The Morgan fingerprint density at radius 1 is 1.18 bits per heavy atom. The summed E-state index contributed by atoms with van der Waals surface area (Å²) in [7, 11) is 1.38. The van der Waals surface area contributed by atoms with E-state index < -0.39 is 5.41 Å². The van der Waals surface area contributed by atoms with E-state index in [4.69, 9.17) is 4.74 Å². The average Bonchev–Trinajstić information content (AvgIpc) is 2.33. The number of carbonyl (C=O) groups excluding carboxylic acids is 2. The zero-order chi connectivity index (χ0) is 12.5. The Morgan fingerprint density at radius 2 is 1.94 bits per heavy atom. The van der Waals surface area contributed by atoms with Crippen LogP contribution in [0.1, 0.15) is 51.9 Å². The zero-order valence-corrected chi connectivity index (χ0v) is 10.7. The molecule has 0 heterocycles. The van der Waals surface area contributed by atoms with E-state index in [1.807, 2.05) is 6.92 Å². The number of rotatable bonds is 1. The Kier molecular flexibility index (Phi) is 3.36. The standard InChI is InChI=1S/C14H20O3/c1-10-7-9-14(13(16)17-2)8-5-3-4-6-11(10)12(14)15/h3-9H2,1-2H3. The number of methoxy groups -OCH3 is 1. The number of fused-ring (bicyclic) bond motifs is 2. The van der Waals surface area contributed by atoms with Crippen LogP contribution in [0.5, 0.6) is 0 Å². The first-order chi connectivity index (χ1) is 8.12. The van der Waals surface area contributed by atoms with Gasteiger partial charge in [0.25, 0.3) is 0 Å². The normalized spacial score (nSPS) is 29.6. The molecule has 2 bridgehead atoms. The molecule has 1 fully saturated rings. The second-order valence-corrected chi connectivity index (χ2v) is 5.22. The van der Waals surface area contributed by atoms with Crippen molar-refractivity contribution in [2.75, 3.05) is 7.11 Å². The second kappa shape index (κ2) is 4.63. The van der Waals surface area contributed by atoms with Gasteiger partial charge < -0.3 is 4.74 Å². The van der Waals surface area contributed by atoms with Crippen molar-refractivity contribution in [2.24, 2.45) is 5.41 Å². The number of hydrogen-bond donors (Lipinski definition) is 0. The molecule has 94 valence electrons. The van der Waals surface area contributed by atoms with Crippen LogP contribution in [0, 0.1) is 5.41 Å². The highest BCUT2D eigenvalue weighted by molar-refractivity contribution is 6.13. The van der Waals surface area contributed by atoms with E-state index in [1.165, 1.54) is 12.7 Å². The highest BCUT2D eigenvalue weighted by Gasteiger charge is 2.49. The molecule has 0 aromatic rings. The quantitative estimate of drug-likeness (QED) is 0.519. The monoisotopic (exact) mass is 236 g/mol. The molecular formula is C14H20O3. The maximum absolute atomic E-state index is 12.6. The van der Waals surface area contributed by atoms with Crippen LogP contribution in [0.4, 0.5) is 0 Å². The molecule has 0 aromatic carbocycles. The Labute approximate surface area is 102 Å². The lowest BCUT2D eigenvalue weighted by atomic mass is 9.66. The fourth-order valence-corrected chi connectivity index (χ4v) is 3.11. The SMILES string of the molecule is COC(=O)C12CCCCCC(=C(C)CC1)C2=O. The van der Waals surface area contributed by atoms with Crippen molar-refractivity contribution in [2.45, 2.75) is 51.9 Å². The first kappa shape index (κ1) is 12.3. The van der Waals surface area contributed by atoms with Crippen molar-refractivity contribution in [1.29, 1.82) is 0 Å². The maximum atomic E-state index is 12.6. The molecule has 0 radical (unpaired) electrons. The molecule has 2 rings (SSSR count). The molecule has 1 atom stereocenters. The minimum Gasteiger partial charge on any atom is -0.468 e. The molecule has 2 aliphatic carbocycles. The number of hydrogen-bond acceptors (Lipinski definition) is 3. The Morgan fingerprint density at radius 3 is 2.65 bits per heavy atom. The highest BCUT2D eigenvalue weighted by atomic mass is 16.5. The Hall–Kier alpha value is -1.12. The van der Waals surface area contributed by atoms with Gasteiger partial charge >= 0.3 is 5.97 Å². The number of esters is 1. The van der Waals surface area contributed by atoms with Crippen LogP contribution < -0.4 is 0 Å². The van der Waals surface area contributed by atoms with Crippen LogP contribution in [0.3, 0.4) is 0 Å². The molecular weight excluding hydrogens is 216 g/mol. The summed E-state index contributed by atoms with van der Waals surface area (Å²) < 4.78 is 4.89. The lowest BCUT2D eigenvalue weighted by Crippen LogP contribution is -2.44. The molecule has 0 saturated heterocycles. The van der Waals surface area contributed by atoms with Gasteiger partial charge in [-0.25, -0.2) is 0 Å². The third-order valence-electron chi connectivity index (χ3n) is 4.26. The number of carbonyl (C=O) groups is 2. The zero-order valence-electron chi connectivity index (χ0n) is 10.7. The second-order valence-electron chi connectivity index (χ2n) is 5.22. The minimum atomic E-state index is -0.857. The topological polar surface area (TPSA) is 43.4 Å². The van der Waals surface area contributed by atoms with Crippen molar-refractivity contribution < 1.29 is 14.3 Å². The fraction of sp³-hybridized carbons (Fsp3) is 0.714. The van der Waals surface area contributed by atoms with E-state index in [1.54, 1.807) is 0 Å². The summed E-state index contributed by atoms with van der Waals surface area (Å²) in [6.45, 7) is 2.02. The Bertz CT molecular complexity index is 381. The van der Waals surface area contributed by atoms with Gasteiger partial charge in [-0.05, 0) is 44.6 Å². The molecule has 1 unspecified atom stereocenters. The van der Waals surface area contributed by atoms with Crippen LogP contribution in [0.15, 0.2) is 11.1 Å². The van der Waals surface area contributed by atoms with Gasteiger partial charge in [-0.2, -0.15) is 0 Å². The lowest BCUT2D eigenvalue weighted by molar-refractivity contribution is -0.158. The van der Waals surface area contributed by atoms with Gasteiger partial charge in [0.1, 0.15) is 5.41 Å². The highest BCUT2D eigenvalue weighted by Crippen LogP contribution is 2.44. The molecule has 0 aromatic heterocycles. The van der Waals surface area contributed by atoms with Crippen molar-refractivity contribution in [3.63, 3.8) is 0 Å². The average molecular weight is 236 g/mol. The summed E-state index contributed by atoms with van der Waals surface area (Å²) in [5, 5.41) is 0.